The molecule has 2 amide bonds. The van der Waals surface area contributed by atoms with E-state index < -0.39 is 32.5 Å². The van der Waals surface area contributed by atoms with Crippen LogP contribution in [0.4, 0.5) is 10.7 Å². The quantitative estimate of drug-likeness (QED) is 0.595. The number of hydrogen-bond donors (Lipinski definition) is 4. The van der Waals surface area contributed by atoms with Gasteiger partial charge in [-0.25, -0.2) is 32.7 Å². The molecule has 0 aliphatic rings. The van der Waals surface area contributed by atoms with Crippen LogP contribution in [0.15, 0.2) is 35.2 Å². The minimum atomic E-state index is -4.43. The summed E-state index contributed by atoms with van der Waals surface area (Å²) in [7, 11) is -4.43. The number of carbonyl (C=O) groups excluding carboxylic acids is 1. The van der Waals surface area contributed by atoms with Crippen molar-refractivity contribution in [2.24, 2.45) is 0 Å². The van der Waals surface area contributed by atoms with Gasteiger partial charge in [0.1, 0.15) is 4.90 Å². The molecule has 1 heterocycles. The van der Waals surface area contributed by atoms with E-state index in [4.69, 9.17) is 10.2 Å². The number of carboxylic acid groups (broad SMARTS) is 1. The lowest BCUT2D eigenvalue weighted by Gasteiger charge is -2.10. The Bertz CT molecular complexity index is 929. The number of aromatic carboxylic acids is 1. The standard InChI is InChI=1S/C14H14N4O6S/c1-8-6-9(7-19)16-13(15-8)17-14(22)18-25(23,24)11-5-3-2-4-10(11)12(20)21/h2-6,19H,7H2,1H3,(H,20,21)(H2,15,16,17,18,22). The number of rotatable bonds is 5. The van der Waals surface area contributed by atoms with Crippen molar-refractivity contribution in [2.75, 3.05) is 5.32 Å². The van der Waals surface area contributed by atoms with E-state index in [0.717, 1.165) is 12.1 Å². The van der Waals surface area contributed by atoms with Gasteiger partial charge in [0.2, 0.25) is 5.95 Å². The Morgan fingerprint density at radius 3 is 2.52 bits per heavy atom. The molecular weight excluding hydrogens is 352 g/mol. The van der Waals surface area contributed by atoms with E-state index in [-0.39, 0.29) is 18.2 Å². The summed E-state index contributed by atoms with van der Waals surface area (Å²) in [6, 6.07) is 5.17. The Hall–Kier alpha value is -3.05. The minimum Gasteiger partial charge on any atom is -0.478 e. The monoisotopic (exact) mass is 366 g/mol. The summed E-state index contributed by atoms with van der Waals surface area (Å²) >= 11 is 0. The zero-order valence-corrected chi connectivity index (χ0v) is 13.7. The predicted molar refractivity (Wildman–Crippen MR) is 85.4 cm³/mol. The molecule has 1 aromatic heterocycles. The Morgan fingerprint density at radius 2 is 1.88 bits per heavy atom. The fourth-order valence-corrected chi connectivity index (χ4v) is 3.06. The maximum Gasteiger partial charge on any atom is 0.337 e. The van der Waals surface area contributed by atoms with Crippen molar-refractivity contribution in [1.29, 1.82) is 0 Å². The van der Waals surface area contributed by atoms with Crippen molar-refractivity contribution < 1.29 is 28.2 Å². The van der Waals surface area contributed by atoms with E-state index >= 15 is 0 Å². The van der Waals surface area contributed by atoms with Crippen LogP contribution in [0.2, 0.25) is 0 Å². The molecule has 0 unspecified atom stereocenters. The van der Waals surface area contributed by atoms with Crippen molar-refractivity contribution in [3.63, 3.8) is 0 Å². The van der Waals surface area contributed by atoms with Crippen LogP contribution in [-0.2, 0) is 16.6 Å². The van der Waals surface area contributed by atoms with E-state index in [9.17, 15) is 18.0 Å². The molecule has 0 bridgehead atoms. The molecule has 0 aliphatic carbocycles. The molecule has 25 heavy (non-hydrogen) atoms. The summed E-state index contributed by atoms with van der Waals surface area (Å²) in [6.45, 7) is 1.22. The van der Waals surface area contributed by atoms with Gasteiger partial charge < -0.3 is 10.2 Å². The number of aliphatic hydroxyl groups excluding tert-OH is 1. The van der Waals surface area contributed by atoms with Gasteiger partial charge in [0.25, 0.3) is 10.0 Å². The van der Waals surface area contributed by atoms with Crippen molar-refractivity contribution in [3.8, 4) is 0 Å². The number of carboxylic acids is 1. The number of urea groups is 1. The van der Waals surface area contributed by atoms with Gasteiger partial charge in [0.05, 0.1) is 17.9 Å². The average molecular weight is 366 g/mol. The second-order valence-corrected chi connectivity index (χ2v) is 6.49. The molecule has 1 aromatic carbocycles. The first-order valence-corrected chi connectivity index (χ1v) is 8.33. The van der Waals surface area contributed by atoms with Gasteiger partial charge in [-0.3, -0.25) is 5.32 Å². The first kappa shape index (κ1) is 18.3. The summed E-state index contributed by atoms with van der Waals surface area (Å²) in [5.41, 5.74) is 0.215. The molecule has 4 N–H and O–H groups in total. The molecule has 132 valence electrons. The number of nitrogens with zero attached hydrogens (tertiary/aromatic N) is 2. The first-order chi connectivity index (χ1) is 11.7. The summed E-state index contributed by atoms with van der Waals surface area (Å²) in [5, 5.41) is 20.2. The van der Waals surface area contributed by atoms with E-state index in [0.29, 0.717) is 5.69 Å². The number of sulfonamides is 1. The lowest BCUT2D eigenvalue weighted by atomic mass is 10.2. The normalized spacial score (nSPS) is 11.0. The third kappa shape index (κ3) is 4.49. The van der Waals surface area contributed by atoms with Crippen molar-refractivity contribution in [2.45, 2.75) is 18.4 Å². The number of anilines is 1. The third-order valence-electron chi connectivity index (χ3n) is 2.93. The smallest absolute Gasteiger partial charge is 0.337 e. The molecule has 0 fully saturated rings. The second kappa shape index (κ2) is 7.23. The average Bonchev–Trinajstić information content (AvgIpc) is 2.53. The highest BCUT2D eigenvalue weighted by Crippen LogP contribution is 2.15. The maximum atomic E-state index is 12.2. The number of benzene rings is 1. The molecule has 10 nitrogen and oxygen atoms in total. The highest BCUT2D eigenvalue weighted by molar-refractivity contribution is 7.90. The molecule has 0 saturated carbocycles. The van der Waals surface area contributed by atoms with Crippen molar-refractivity contribution >= 4 is 28.0 Å². The van der Waals surface area contributed by atoms with E-state index in [1.54, 1.807) is 11.6 Å². The van der Waals surface area contributed by atoms with Gasteiger partial charge in [-0.2, -0.15) is 0 Å². The Kier molecular flexibility index (Phi) is 5.29. The lowest BCUT2D eigenvalue weighted by molar-refractivity contribution is 0.0692. The number of amides is 2. The summed E-state index contributed by atoms with van der Waals surface area (Å²) in [4.78, 5) is 30.2. The predicted octanol–water partition coefficient (Wildman–Crippen LogP) is 0.486. The number of aliphatic hydroxyl groups is 1. The van der Waals surface area contributed by atoms with Gasteiger partial charge >= 0.3 is 12.0 Å². The van der Waals surface area contributed by atoms with Crippen molar-refractivity contribution in [1.82, 2.24) is 14.7 Å². The number of aromatic nitrogens is 2. The summed E-state index contributed by atoms with van der Waals surface area (Å²) < 4.78 is 26.2. The SMILES string of the molecule is Cc1cc(CO)nc(NC(=O)NS(=O)(=O)c2ccccc2C(=O)O)n1. The highest BCUT2D eigenvalue weighted by atomic mass is 32.2. The summed E-state index contributed by atoms with van der Waals surface area (Å²) in [6.07, 6.45) is 0. The van der Waals surface area contributed by atoms with E-state index in [1.165, 1.54) is 18.2 Å². The topological polar surface area (TPSA) is 159 Å². The van der Waals surface area contributed by atoms with Gasteiger partial charge in [-0.05, 0) is 25.1 Å². The second-order valence-electron chi connectivity index (χ2n) is 4.84. The number of hydrogen-bond acceptors (Lipinski definition) is 7. The third-order valence-corrected chi connectivity index (χ3v) is 4.32. The minimum absolute atomic E-state index is 0.205. The van der Waals surface area contributed by atoms with Crippen LogP contribution >= 0.6 is 0 Å². The lowest BCUT2D eigenvalue weighted by Crippen LogP contribution is -2.35. The summed E-state index contributed by atoms with van der Waals surface area (Å²) in [5.74, 6) is -1.65. The van der Waals surface area contributed by atoms with Crippen LogP contribution in [0.3, 0.4) is 0 Å². The first-order valence-electron chi connectivity index (χ1n) is 6.84. The number of carbonyl (C=O) groups is 2. The zero-order valence-electron chi connectivity index (χ0n) is 12.9. The van der Waals surface area contributed by atoms with Crippen LogP contribution in [0.5, 0.6) is 0 Å². The Balaban J connectivity index is 2.23. The van der Waals surface area contributed by atoms with Crippen molar-refractivity contribution in [3.05, 3.63) is 47.3 Å². The van der Waals surface area contributed by atoms with Crippen LogP contribution in [0.25, 0.3) is 0 Å². The Labute approximate surface area is 142 Å². The molecule has 0 atom stereocenters. The number of nitrogens with one attached hydrogen (secondary N) is 2. The molecule has 0 aliphatic heterocycles. The maximum absolute atomic E-state index is 12.2. The highest BCUT2D eigenvalue weighted by Gasteiger charge is 2.24. The molecule has 0 radical (unpaired) electrons. The zero-order chi connectivity index (χ0) is 18.6. The van der Waals surface area contributed by atoms with E-state index in [2.05, 4.69) is 15.3 Å². The molecule has 2 aromatic rings. The fraction of sp³-hybridized carbons (Fsp3) is 0.143. The molecule has 2 rings (SSSR count). The van der Waals surface area contributed by atoms with Crippen LogP contribution in [0.1, 0.15) is 21.7 Å². The molecule has 0 saturated heterocycles. The fourth-order valence-electron chi connectivity index (χ4n) is 1.95. The van der Waals surface area contributed by atoms with Crippen LogP contribution in [-0.4, -0.2) is 40.6 Å². The molecular formula is C14H14N4O6S. The van der Waals surface area contributed by atoms with Gasteiger partial charge in [0.15, 0.2) is 0 Å². The molecule has 0 spiro atoms. The number of aryl methyl sites for hydroxylation is 1. The molecule has 11 heteroatoms. The Morgan fingerprint density at radius 1 is 1.20 bits per heavy atom. The van der Waals surface area contributed by atoms with E-state index in [1.807, 2.05) is 0 Å². The van der Waals surface area contributed by atoms with Crippen LogP contribution in [0, 0.1) is 6.92 Å². The van der Waals surface area contributed by atoms with Crippen LogP contribution < -0.4 is 10.0 Å². The largest absolute Gasteiger partial charge is 0.478 e. The van der Waals surface area contributed by atoms with Gasteiger partial charge in [-0.15, -0.1) is 0 Å². The van der Waals surface area contributed by atoms with Gasteiger partial charge in [0, 0.05) is 5.69 Å². The van der Waals surface area contributed by atoms with Gasteiger partial charge in [-0.1, -0.05) is 12.1 Å².